The SMILES string of the molecule is CCNC(Cc1cc(Cl)ccc1Cl)c1ccc(C)cc1. The van der Waals surface area contributed by atoms with Crippen molar-refractivity contribution < 1.29 is 0 Å². The number of hydrogen-bond acceptors (Lipinski definition) is 1. The summed E-state index contributed by atoms with van der Waals surface area (Å²) in [5, 5.41) is 5.01. The van der Waals surface area contributed by atoms with Gasteiger partial charge in [0.2, 0.25) is 0 Å². The lowest BCUT2D eigenvalue weighted by molar-refractivity contribution is 0.550. The van der Waals surface area contributed by atoms with Crippen molar-refractivity contribution in [1.82, 2.24) is 5.32 Å². The summed E-state index contributed by atoms with van der Waals surface area (Å²) in [5.41, 5.74) is 3.61. The van der Waals surface area contributed by atoms with Crippen LogP contribution in [0, 0.1) is 6.92 Å². The normalized spacial score (nSPS) is 12.4. The summed E-state index contributed by atoms with van der Waals surface area (Å²) >= 11 is 12.3. The van der Waals surface area contributed by atoms with Gasteiger partial charge in [-0.2, -0.15) is 0 Å². The molecule has 3 heteroatoms. The third-order valence-corrected chi connectivity index (χ3v) is 3.97. The van der Waals surface area contributed by atoms with E-state index in [0.29, 0.717) is 0 Å². The first-order valence-electron chi connectivity index (χ1n) is 6.84. The van der Waals surface area contributed by atoms with Gasteiger partial charge in [0.15, 0.2) is 0 Å². The van der Waals surface area contributed by atoms with Crippen LogP contribution in [-0.2, 0) is 6.42 Å². The van der Waals surface area contributed by atoms with Crippen molar-refractivity contribution in [3.8, 4) is 0 Å². The van der Waals surface area contributed by atoms with Crippen LogP contribution in [0.25, 0.3) is 0 Å². The van der Waals surface area contributed by atoms with Crippen molar-refractivity contribution in [3.05, 3.63) is 69.2 Å². The van der Waals surface area contributed by atoms with Gasteiger partial charge in [-0.25, -0.2) is 0 Å². The third-order valence-electron chi connectivity index (χ3n) is 3.36. The molecule has 20 heavy (non-hydrogen) atoms. The number of halogens is 2. The summed E-state index contributed by atoms with van der Waals surface area (Å²) in [6.07, 6.45) is 0.830. The Kier molecular flexibility index (Phi) is 5.47. The smallest absolute Gasteiger partial charge is 0.0439 e. The minimum absolute atomic E-state index is 0.247. The summed E-state index contributed by atoms with van der Waals surface area (Å²) in [6.45, 7) is 5.12. The van der Waals surface area contributed by atoms with Crippen LogP contribution in [0.5, 0.6) is 0 Å². The lowest BCUT2D eigenvalue weighted by Crippen LogP contribution is -2.23. The molecule has 0 amide bonds. The average molecular weight is 308 g/mol. The molecule has 1 nitrogen and oxygen atoms in total. The summed E-state index contributed by atoms with van der Waals surface area (Å²) in [7, 11) is 0. The van der Waals surface area contributed by atoms with E-state index < -0.39 is 0 Å². The Hall–Kier alpha value is -1.02. The van der Waals surface area contributed by atoms with Gasteiger partial charge in [-0.1, -0.05) is 60.0 Å². The van der Waals surface area contributed by atoms with Crippen molar-refractivity contribution in [1.29, 1.82) is 0 Å². The Morgan fingerprint density at radius 3 is 2.40 bits per heavy atom. The fourth-order valence-electron chi connectivity index (χ4n) is 2.27. The molecule has 0 aliphatic heterocycles. The van der Waals surface area contributed by atoms with E-state index in [0.717, 1.165) is 28.6 Å². The third kappa shape index (κ3) is 3.99. The van der Waals surface area contributed by atoms with Crippen molar-refractivity contribution in [2.24, 2.45) is 0 Å². The largest absolute Gasteiger partial charge is 0.310 e. The Labute approximate surface area is 130 Å². The molecular formula is C17H19Cl2N. The lowest BCUT2D eigenvalue weighted by atomic mass is 9.98. The Morgan fingerprint density at radius 2 is 1.75 bits per heavy atom. The first kappa shape index (κ1) is 15.4. The van der Waals surface area contributed by atoms with Gasteiger partial charge < -0.3 is 5.32 Å². The fraction of sp³-hybridized carbons (Fsp3) is 0.294. The predicted molar refractivity (Wildman–Crippen MR) is 87.8 cm³/mol. The Bertz CT molecular complexity index is 564. The van der Waals surface area contributed by atoms with Crippen LogP contribution < -0.4 is 5.32 Å². The van der Waals surface area contributed by atoms with Crippen LogP contribution in [0.15, 0.2) is 42.5 Å². The molecule has 106 valence electrons. The number of nitrogens with one attached hydrogen (secondary N) is 1. The number of hydrogen-bond donors (Lipinski definition) is 1. The van der Waals surface area contributed by atoms with Gasteiger partial charge in [-0.05, 0) is 49.2 Å². The van der Waals surface area contributed by atoms with Gasteiger partial charge >= 0.3 is 0 Å². The van der Waals surface area contributed by atoms with Gasteiger partial charge in [0.25, 0.3) is 0 Å². The summed E-state index contributed by atoms with van der Waals surface area (Å²) < 4.78 is 0. The number of rotatable bonds is 5. The van der Waals surface area contributed by atoms with Crippen LogP contribution in [0.2, 0.25) is 10.0 Å². The molecule has 0 fully saturated rings. The number of aryl methyl sites for hydroxylation is 1. The van der Waals surface area contributed by atoms with Gasteiger partial charge in [-0.3, -0.25) is 0 Å². The zero-order chi connectivity index (χ0) is 14.5. The quantitative estimate of drug-likeness (QED) is 0.801. The number of benzene rings is 2. The van der Waals surface area contributed by atoms with Crippen LogP contribution in [0.3, 0.4) is 0 Å². The van der Waals surface area contributed by atoms with Crippen LogP contribution >= 0.6 is 23.2 Å². The van der Waals surface area contributed by atoms with E-state index in [1.165, 1.54) is 11.1 Å². The minimum Gasteiger partial charge on any atom is -0.310 e. The first-order valence-corrected chi connectivity index (χ1v) is 7.59. The zero-order valence-corrected chi connectivity index (χ0v) is 13.3. The van der Waals surface area contributed by atoms with Crippen molar-refractivity contribution >= 4 is 23.2 Å². The predicted octanol–water partition coefficient (Wildman–Crippen LogP) is 5.20. The molecule has 2 rings (SSSR count). The van der Waals surface area contributed by atoms with E-state index in [4.69, 9.17) is 23.2 Å². The molecule has 2 aromatic carbocycles. The summed E-state index contributed by atoms with van der Waals surface area (Å²) in [4.78, 5) is 0. The van der Waals surface area contributed by atoms with Gasteiger partial charge in [0.05, 0.1) is 0 Å². The highest BCUT2D eigenvalue weighted by molar-refractivity contribution is 6.33. The van der Waals surface area contributed by atoms with E-state index in [1.807, 2.05) is 18.2 Å². The van der Waals surface area contributed by atoms with Crippen molar-refractivity contribution in [2.45, 2.75) is 26.3 Å². The average Bonchev–Trinajstić information content (AvgIpc) is 2.43. The van der Waals surface area contributed by atoms with E-state index >= 15 is 0 Å². The molecule has 0 bridgehead atoms. The standard InChI is InChI=1S/C17H19Cl2N/c1-3-20-17(13-6-4-12(2)5-7-13)11-14-10-15(18)8-9-16(14)19/h4-10,17,20H,3,11H2,1-2H3. The topological polar surface area (TPSA) is 12.0 Å². The number of likely N-dealkylation sites (N-methyl/N-ethyl adjacent to an activating group) is 1. The monoisotopic (exact) mass is 307 g/mol. The maximum Gasteiger partial charge on any atom is 0.0439 e. The molecule has 0 aliphatic rings. The molecule has 0 saturated carbocycles. The summed E-state index contributed by atoms with van der Waals surface area (Å²) in [5.74, 6) is 0. The minimum atomic E-state index is 0.247. The zero-order valence-electron chi connectivity index (χ0n) is 11.8. The molecule has 2 aromatic rings. The molecule has 0 saturated heterocycles. The van der Waals surface area contributed by atoms with Gasteiger partial charge in [0, 0.05) is 16.1 Å². The second kappa shape index (κ2) is 7.12. The Morgan fingerprint density at radius 1 is 1.05 bits per heavy atom. The molecule has 0 heterocycles. The van der Waals surface area contributed by atoms with Gasteiger partial charge in [0.1, 0.15) is 0 Å². The molecule has 0 aromatic heterocycles. The molecule has 1 atom stereocenters. The highest BCUT2D eigenvalue weighted by Gasteiger charge is 2.13. The van der Waals surface area contributed by atoms with Crippen LogP contribution in [-0.4, -0.2) is 6.54 Å². The highest BCUT2D eigenvalue weighted by Crippen LogP contribution is 2.26. The van der Waals surface area contributed by atoms with E-state index in [-0.39, 0.29) is 6.04 Å². The second-order valence-electron chi connectivity index (χ2n) is 4.96. The summed E-state index contributed by atoms with van der Waals surface area (Å²) in [6, 6.07) is 14.5. The van der Waals surface area contributed by atoms with Gasteiger partial charge in [-0.15, -0.1) is 0 Å². The van der Waals surface area contributed by atoms with Crippen molar-refractivity contribution in [2.75, 3.05) is 6.54 Å². The maximum absolute atomic E-state index is 6.27. The lowest BCUT2D eigenvalue weighted by Gasteiger charge is -2.19. The molecule has 1 N–H and O–H groups in total. The first-order chi connectivity index (χ1) is 9.60. The highest BCUT2D eigenvalue weighted by atomic mass is 35.5. The van der Waals surface area contributed by atoms with Crippen molar-refractivity contribution in [3.63, 3.8) is 0 Å². The molecule has 0 aliphatic carbocycles. The van der Waals surface area contributed by atoms with E-state index in [2.05, 4.69) is 43.4 Å². The molecule has 1 unspecified atom stereocenters. The van der Waals surface area contributed by atoms with E-state index in [9.17, 15) is 0 Å². The molecular weight excluding hydrogens is 289 g/mol. The molecule has 0 radical (unpaired) electrons. The Balaban J connectivity index is 2.25. The van der Waals surface area contributed by atoms with Crippen LogP contribution in [0.4, 0.5) is 0 Å². The van der Waals surface area contributed by atoms with Crippen LogP contribution in [0.1, 0.15) is 29.7 Å². The molecule has 0 spiro atoms. The fourth-order valence-corrected chi connectivity index (χ4v) is 2.66. The maximum atomic E-state index is 6.27. The van der Waals surface area contributed by atoms with E-state index in [1.54, 1.807) is 0 Å². The second-order valence-corrected chi connectivity index (χ2v) is 5.80.